The number of benzene rings is 1. The maximum atomic E-state index is 14.0. The largest absolute Gasteiger partial charge is 0.482 e. The fourth-order valence-corrected chi connectivity index (χ4v) is 4.90. The third kappa shape index (κ3) is 5.80. The van der Waals surface area contributed by atoms with E-state index >= 15 is 0 Å². The van der Waals surface area contributed by atoms with Crippen LogP contribution in [-0.4, -0.2) is 66.8 Å². The number of carbonyl (C=O) groups is 2. The van der Waals surface area contributed by atoms with Crippen LogP contribution in [0.4, 0.5) is 0 Å². The molecule has 0 saturated carbocycles. The van der Waals surface area contributed by atoms with E-state index in [0.29, 0.717) is 35.1 Å². The van der Waals surface area contributed by atoms with E-state index in [9.17, 15) is 9.59 Å². The maximum Gasteiger partial charge on any atom is 0.272 e. The highest BCUT2D eigenvalue weighted by Gasteiger charge is 2.33. The lowest BCUT2D eigenvalue weighted by molar-refractivity contribution is -0.119. The van der Waals surface area contributed by atoms with Crippen molar-refractivity contribution in [1.82, 2.24) is 14.8 Å². The SMILES string of the molecule is COCCCCn1c(C(=O)N(C(C)C)[C@@H]2CCCNC2)c(Cl)c2cccc(OCC(N)=O)c21. The zero-order chi connectivity index (χ0) is 24.0. The first-order valence-electron chi connectivity index (χ1n) is 11.6. The molecule has 2 heterocycles. The Morgan fingerprint density at radius 2 is 2.12 bits per heavy atom. The number of piperidine rings is 1. The van der Waals surface area contributed by atoms with Crippen molar-refractivity contribution in [1.29, 1.82) is 0 Å². The van der Waals surface area contributed by atoms with E-state index in [4.69, 9.17) is 26.8 Å². The van der Waals surface area contributed by atoms with Gasteiger partial charge in [-0.25, -0.2) is 0 Å². The van der Waals surface area contributed by atoms with Crippen molar-refractivity contribution in [3.8, 4) is 5.75 Å². The van der Waals surface area contributed by atoms with Gasteiger partial charge in [0.25, 0.3) is 11.8 Å². The molecule has 3 rings (SSSR count). The number of aromatic nitrogens is 1. The Bertz CT molecular complexity index is 969. The lowest BCUT2D eigenvalue weighted by atomic mass is 10.0. The van der Waals surface area contributed by atoms with Gasteiger partial charge in [0.2, 0.25) is 0 Å². The zero-order valence-electron chi connectivity index (χ0n) is 19.7. The molecule has 3 N–H and O–H groups in total. The molecule has 1 atom stereocenters. The molecule has 2 amide bonds. The number of nitrogens with two attached hydrogens (primary N) is 1. The van der Waals surface area contributed by atoms with Crippen LogP contribution < -0.4 is 15.8 Å². The van der Waals surface area contributed by atoms with Gasteiger partial charge in [-0.3, -0.25) is 9.59 Å². The minimum Gasteiger partial charge on any atom is -0.482 e. The Balaban J connectivity index is 2.09. The van der Waals surface area contributed by atoms with Crippen molar-refractivity contribution in [3.63, 3.8) is 0 Å². The molecule has 9 heteroatoms. The molecule has 0 aliphatic carbocycles. The molecule has 182 valence electrons. The third-order valence-electron chi connectivity index (χ3n) is 5.99. The first kappa shape index (κ1) is 25.3. The molecule has 0 radical (unpaired) electrons. The number of hydrogen-bond acceptors (Lipinski definition) is 5. The normalized spacial score (nSPS) is 16.3. The minimum atomic E-state index is -0.566. The van der Waals surface area contributed by atoms with E-state index in [1.165, 1.54) is 0 Å². The van der Waals surface area contributed by atoms with Crippen molar-refractivity contribution in [2.45, 2.75) is 58.2 Å². The van der Waals surface area contributed by atoms with Crippen LogP contribution in [0.3, 0.4) is 0 Å². The Morgan fingerprint density at radius 1 is 1.33 bits per heavy atom. The fourth-order valence-electron chi connectivity index (χ4n) is 4.57. The molecule has 0 unspecified atom stereocenters. The second kappa shape index (κ2) is 11.7. The van der Waals surface area contributed by atoms with E-state index in [1.807, 2.05) is 29.4 Å². The highest BCUT2D eigenvalue weighted by molar-refractivity contribution is 6.39. The highest BCUT2D eigenvalue weighted by Crippen LogP contribution is 2.38. The summed E-state index contributed by atoms with van der Waals surface area (Å²) in [5, 5.41) is 4.53. The van der Waals surface area contributed by atoms with Gasteiger partial charge in [0.15, 0.2) is 6.61 Å². The first-order chi connectivity index (χ1) is 15.9. The second-order valence-corrected chi connectivity index (χ2v) is 9.11. The van der Waals surface area contributed by atoms with Crippen molar-refractivity contribution in [3.05, 3.63) is 28.9 Å². The van der Waals surface area contributed by atoms with Gasteiger partial charge in [-0.2, -0.15) is 0 Å². The van der Waals surface area contributed by atoms with E-state index in [2.05, 4.69) is 5.32 Å². The van der Waals surface area contributed by atoms with Crippen LogP contribution in [0, 0.1) is 0 Å². The van der Waals surface area contributed by atoms with Crippen LogP contribution in [0.1, 0.15) is 50.0 Å². The standard InChI is InChI=1S/C24H35ClN4O4/c1-16(2)29(17-8-7-11-27-14-17)24(31)23-21(25)18-9-6-10-19(33-15-20(26)30)22(18)28(23)12-4-5-13-32-3/h6,9-10,16-17,27H,4-5,7-8,11-15H2,1-3H3,(H2,26,30)/t17-/m1/s1. The predicted octanol–water partition coefficient (Wildman–Crippen LogP) is 3.19. The van der Waals surface area contributed by atoms with E-state index in [0.717, 1.165) is 44.2 Å². The number of nitrogens with zero attached hydrogens (tertiary/aromatic N) is 2. The molecular weight excluding hydrogens is 444 g/mol. The molecule has 1 aromatic carbocycles. The summed E-state index contributed by atoms with van der Waals surface area (Å²) in [6.07, 6.45) is 3.62. The molecule has 33 heavy (non-hydrogen) atoms. The second-order valence-electron chi connectivity index (χ2n) is 8.73. The van der Waals surface area contributed by atoms with Crippen LogP contribution in [0.2, 0.25) is 5.02 Å². The number of rotatable bonds is 11. The number of hydrogen-bond donors (Lipinski definition) is 2. The first-order valence-corrected chi connectivity index (χ1v) is 12.0. The Kier molecular flexibility index (Phi) is 9.00. The molecule has 1 saturated heterocycles. The molecule has 8 nitrogen and oxygen atoms in total. The fraction of sp³-hybridized carbons (Fsp3) is 0.583. The molecule has 1 fully saturated rings. The Labute approximate surface area is 200 Å². The van der Waals surface area contributed by atoms with Crippen molar-refractivity contribution in [2.75, 3.05) is 33.4 Å². The van der Waals surface area contributed by atoms with E-state index in [-0.39, 0.29) is 24.6 Å². The van der Waals surface area contributed by atoms with Crippen molar-refractivity contribution < 1.29 is 19.1 Å². The highest BCUT2D eigenvalue weighted by atomic mass is 35.5. The molecule has 2 aromatic rings. The summed E-state index contributed by atoms with van der Waals surface area (Å²) in [5.74, 6) is -0.176. The summed E-state index contributed by atoms with van der Waals surface area (Å²) in [6, 6.07) is 5.57. The number of aryl methyl sites for hydroxylation is 1. The third-order valence-corrected chi connectivity index (χ3v) is 6.37. The van der Waals surface area contributed by atoms with Gasteiger partial charge in [-0.1, -0.05) is 23.7 Å². The topological polar surface area (TPSA) is 98.8 Å². The Hall–Kier alpha value is -2.29. The van der Waals surface area contributed by atoms with E-state index in [1.54, 1.807) is 19.2 Å². The van der Waals surface area contributed by atoms with E-state index < -0.39 is 5.91 Å². The predicted molar refractivity (Wildman–Crippen MR) is 130 cm³/mol. The monoisotopic (exact) mass is 478 g/mol. The van der Waals surface area contributed by atoms with Crippen LogP contribution in [0.15, 0.2) is 18.2 Å². The molecule has 1 aliphatic rings. The van der Waals surface area contributed by atoms with Gasteiger partial charge in [-0.15, -0.1) is 0 Å². The summed E-state index contributed by atoms with van der Waals surface area (Å²) in [7, 11) is 1.67. The van der Waals surface area contributed by atoms with Gasteiger partial charge >= 0.3 is 0 Å². The Morgan fingerprint density at radius 3 is 2.76 bits per heavy atom. The van der Waals surface area contributed by atoms with Gasteiger partial charge in [0.05, 0.1) is 10.5 Å². The van der Waals surface area contributed by atoms with Gasteiger partial charge in [0.1, 0.15) is 11.4 Å². The molecule has 1 aromatic heterocycles. The van der Waals surface area contributed by atoms with Gasteiger partial charge in [0, 0.05) is 44.3 Å². The summed E-state index contributed by atoms with van der Waals surface area (Å²) in [5.41, 5.74) is 6.46. The maximum absolute atomic E-state index is 14.0. The van der Waals surface area contributed by atoms with Crippen LogP contribution >= 0.6 is 11.6 Å². The molecule has 1 aliphatic heterocycles. The number of unbranched alkanes of at least 4 members (excludes halogenated alkanes) is 1. The van der Waals surface area contributed by atoms with Gasteiger partial charge < -0.3 is 30.0 Å². The number of amides is 2. The van der Waals surface area contributed by atoms with Crippen LogP contribution in [-0.2, 0) is 16.1 Å². The zero-order valence-corrected chi connectivity index (χ0v) is 20.5. The van der Waals surface area contributed by atoms with Crippen molar-refractivity contribution in [2.24, 2.45) is 5.73 Å². The quantitative estimate of drug-likeness (QED) is 0.483. The summed E-state index contributed by atoms with van der Waals surface area (Å²) in [6.45, 7) is 6.76. The number of fused-ring (bicyclic) bond motifs is 1. The number of halogens is 1. The van der Waals surface area contributed by atoms with Crippen molar-refractivity contribution >= 4 is 34.3 Å². The lowest BCUT2D eigenvalue weighted by Gasteiger charge is -2.38. The summed E-state index contributed by atoms with van der Waals surface area (Å²) in [4.78, 5) is 27.3. The average molecular weight is 479 g/mol. The van der Waals surface area contributed by atoms with Gasteiger partial charge in [-0.05, 0) is 52.1 Å². The number of primary amides is 1. The number of ether oxygens (including phenoxy) is 2. The summed E-state index contributed by atoms with van der Waals surface area (Å²) < 4.78 is 12.8. The van der Waals surface area contributed by atoms with Crippen LogP contribution in [0.5, 0.6) is 5.75 Å². The average Bonchev–Trinajstić information content (AvgIpc) is 3.08. The molecule has 0 bridgehead atoms. The molecular formula is C24H35ClN4O4. The minimum absolute atomic E-state index is 0.0176. The number of para-hydroxylation sites is 1. The smallest absolute Gasteiger partial charge is 0.272 e. The number of methoxy groups -OCH3 is 1. The summed E-state index contributed by atoms with van der Waals surface area (Å²) >= 11 is 6.86. The van der Waals surface area contributed by atoms with Crippen LogP contribution in [0.25, 0.3) is 10.9 Å². The molecule has 0 spiro atoms. The number of nitrogens with one attached hydrogen (secondary N) is 1. The lowest BCUT2D eigenvalue weighted by Crippen LogP contribution is -2.52. The number of carbonyl (C=O) groups excluding carboxylic acids is 2.